The van der Waals surface area contributed by atoms with Crippen molar-refractivity contribution in [2.24, 2.45) is 5.73 Å². The van der Waals surface area contributed by atoms with Crippen LogP contribution in [0.3, 0.4) is 0 Å². The molecule has 0 saturated carbocycles. The fourth-order valence-corrected chi connectivity index (χ4v) is 2.21. The van der Waals surface area contributed by atoms with Gasteiger partial charge in [0, 0.05) is 24.9 Å². The highest BCUT2D eigenvalue weighted by Gasteiger charge is 2.18. The summed E-state index contributed by atoms with van der Waals surface area (Å²) in [5.74, 6) is 0. The van der Waals surface area contributed by atoms with Crippen molar-refractivity contribution in [3.05, 3.63) is 42.2 Å². The van der Waals surface area contributed by atoms with Crippen molar-refractivity contribution in [3.63, 3.8) is 0 Å². The van der Waals surface area contributed by atoms with Gasteiger partial charge in [0.2, 0.25) is 0 Å². The third-order valence-corrected chi connectivity index (χ3v) is 3.18. The van der Waals surface area contributed by atoms with E-state index >= 15 is 0 Å². The van der Waals surface area contributed by atoms with Gasteiger partial charge < -0.3 is 10.5 Å². The molecule has 0 aliphatic carbocycles. The Morgan fingerprint density at radius 1 is 1.35 bits per heavy atom. The molecule has 1 aromatic carbocycles. The molecule has 0 spiro atoms. The molecule has 2 aromatic rings. The fraction of sp³-hybridized carbons (Fsp3) is 0.357. The number of pyridine rings is 1. The standard InChI is InChI=1S/C14H18N2O/c1-3-13(17-2)14(15)12-6-4-5-10-9-16-8-7-11(10)12/h4-9,13-14H,3,15H2,1-2H3. The predicted octanol–water partition coefficient (Wildman–Crippen LogP) is 2.66. The van der Waals surface area contributed by atoms with E-state index in [-0.39, 0.29) is 12.1 Å². The zero-order chi connectivity index (χ0) is 12.3. The van der Waals surface area contributed by atoms with Gasteiger partial charge in [-0.3, -0.25) is 4.98 Å². The molecule has 0 aliphatic rings. The molecular formula is C14H18N2O. The zero-order valence-electron chi connectivity index (χ0n) is 10.3. The van der Waals surface area contributed by atoms with Crippen molar-refractivity contribution in [2.45, 2.75) is 25.5 Å². The van der Waals surface area contributed by atoms with Gasteiger partial charge in [-0.1, -0.05) is 25.1 Å². The molecule has 0 aliphatic heterocycles. The number of benzene rings is 1. The van der Waals surface area contributed by atoms with Crippen LogP contribution in [0.15, 0.2) is 36.7 Å². The molecule has 0 saturated heterocycles. The highest BCUT2D eigenvalue weighted by molar-refractivity contribution is 5.85. The summed E-state index contributed by atoms with van der Waals surface area (Å²) in [6, 6.07) is 8.03. The highest BCUT2D eigenvalue weighted by atomic mass is 16.5. The first-order valence-electron chi connectivity index (χ1n) is 5.89. The Balaban J connectivity index is 2.47. The second-order valence-corrected chi connectivity index (χ2v) is 4.15. The number of aromatic nitrogens is 1. The molecule has 0 fully saturated rings. The molecule has 3 heteroatoms. The minimum Gasteiger partial charge on any atom is -0.379 e. The van der Waals surface area contributed by atoms with Gasteiger partial charge in [-0.15, -0.1) is 0 Å². The van der Waals surface area contributed by atoms with Gasteiger partial charge in [-0.25, -0.2) is 0 Å². The van der Waals surface area contributed by atoms with Crippen LogP contribution in [0.5, 0.6) is 0 Å². The summed E-state index contributed by atoms with van der Waals surface area (Å²) in [6.45, 7) is 2.08. The Morgan fingerprint density at radius 2 is 2.18 bits per heavy atom. The Kier molecular flexibility index (Phi) is 3.71. The molecule has 1 heterocycles. The highest BCUT2D eigenvalue weighted by Crippen LogP contribution is 2.26. The van der Waals surface area contributed by atoms with Crippen molar-refractivity contribution in [1.29, 1.82) is 0 Å². The summed E-state index contributed by atoms with van der Waals surface area (Å²) < 4.78 is 5.42. The number of ether oxygens (including phenoxy) is 1. The van der Waals surface area contributed by atoms with Crippen molar-refractivity contribution >= 4 is 10.8 Å². The average molecular weight is 230 g/mol. The predicted molar refractivity (Wildman–Crippen MR) is 69.8 cm³/mol. The van der Waals surface area contributed by atoms with E-state index in [1.165, 1.54) is 0 Å². The van der Waals surface area contributed by atoms with Crippen molar-refractivity contribution in [1.82, 2.24) is 4.98 Å². The number of rotatable bonds is 4. The SMILES string of the molecule is CCC(OC)C(N)c1cccc2cnccc12. The van der Waals surface area contributed by atoms with Gasteiger partial charge in [0.25, 0.3) is 0 Å². The Labute approximate surface area is 102 Å². The minimum atomic E-state index is -0.101. The van der Waals surface area contributed by atoms with Gasteiger partial charge >= 0.3 is 0 Å². The van der Waals surface area contributed by atoms with Crippen molar-refractivity contribution in [2.75, 3.05) is 7.11 Å². The van der Waals surface area contributed by atoms with Crippen molar-refractivity contribution in [3.8, 4) is 0 Å². The van der Waals surface area contributed by atoms with Gasteiger partial charge in [0.05, 0.1) is 12.1 Å². The zero-order valence-corrected chi connectivity index (χ0v) is 10.3. The molecule has 0 bridgehead atoms. The monoisotopic (exact) mass is 230 g/mol. The van der Waals surface area contributed by atoms with E-state index in [1.54, 1.807) is 13.3 Å². The van der Waals surface area contributed by atoms with Gasteiger partial charge in [-0.05, 0) is 23.4 Å². The van der Waals surface area contributed by atoms with E-state index in [0.29, 0.717) is 0 Å². The first-order chi connectivity index (χ1) is 8.27. The number of methoxy groups -OCH3 is 1. The lowest BCUT2D eigenvalue weighted by Gasteiger charge is -2.22. The summed E-state index contributed by atoms with van der Waals surface area (Å²) in [7, 11) is 1.71. The lowest BCUT2D eigenvalue weighted by molar-refractivity contribution is 0.0776. The molecule has 0 amide bonds. The first-order valence-corrected chi connectivity index (χ1v) is 5.89. The molecule has 90 valence electrons. The molecule has 2 N–H and O–H groups in total. The maximum Gasteiger partial charge on any atom is 0.0761 e. The number of nitrogens with zero attached hydrogens (tertiary/aromatic N) is 1. The summed E-state index contributed by atoms with van der Waals surface area (Å²) in [5.41, 5.74) is 7.40. The molecule has 2 unspecified atom stereocenters. The summed E-state index contributed by atoms with van der Waals surface area (Å²) >= 11 is 0. The third kappa shape index (κ3) is 2.30. The van der Waals surface area contributed by atoms with Gasteiger partial charge in [0.1, 0.15) is 0 Å². The molecular weight excluding hydrogens is 212 g/mol. The van der Waals surface area contributed by atoms with E-state index in [2.05, 4.69) is 18.0 Å². The third-order valence-electron chi connectivity index (χ3n) is 3.18. The quantitative estimate of drug-likeness (QED) is 0.878. The average Bonchev–Trinajstić information content (AvgIpc) is 2.39. The lowest BCUT2D eigenvalue weighted by atomic mass is 9.96. The van der Waals surface area contributed by atoms with Crippen LogP contribution in [0.4, 0.5) is 0 Å². The number of hydrogen-bond donors (Lipinski definition) is 1. The number of hydrogen-bond acceptors (Lipinski definition) is 3. The maximum atomic E-state index is 6.28. The second-order valence-electron chi connectivity index (χ2n) is 4.15. The molecule has 1 aromatic heterocycles. The number of fused-ring (bicyclic) bond motifs is 1. The van der Waals surface area contributed by atoms with Gasteiger partial charge in [-0.2, -0.15) is 0 Å². The Morgan fingerprint density at radius 3 is 2.88 bits per heavy atom. The Hall–Kier alpha value is -1.45. The van der Waals surface area contributed by atoms with E-state index < -0.39 is 0 Å². The fourth-order valence-electron chi connectivity index (χ4n) is 2.21. The molecule has 2 atom stereocenters. The molecule has 2 rings (SSSR count). The van der Waals surface area contributed by atoms with E-state index in [0.717, 1.165) is 22.8 Å². The van der Waals surface area contributed by atoms with E-state index in [9.17, 15) is 0 Å². The van der Waals surface area contributed by atoms with Crippen molar-refractivity contribution < 1.29 is 4.74 Å². The summed E-state index contributed by atoms with van der Waals surface area (Å²) in [4.78, 5) is 4.13. The van der Waals surface area contributed by atoms with Crippen LogP contribution in [0.25, 0.3) is 10.8 Å². The van der Waals surface area contributed by atoms with Crippen LogP contribution >= 0.6 is 0 Å². The summed E-state index contributed by atoms with van der Waals surface area (Å²) in [5, 5.41) is 2.27. The Bertz CT molecular complexity index is 489. The molecule has 3 nitrogen and oxygen atoms in total. The van der Waals surface area contributed by atoms with E-state index in [1.807, 2.05) is 24.4 Å². The van der Waals surface area contributed by atoms with E-state index in [4.69, 9.17) is 10.5 Å². The van der Waals surface area contributed by atoms with Crippen LogP contribution < -0.4 is 5.73 Å². The first kappa shape index (κ1) is 12.0. The smallest absolute Gasteiger partial charge is 0.0761 e. The van der Waals surface area contributed by atoms with Crippen LogP contribution in [0.2, 0.25) is 0 Å². The van der Waals surface area contributed by atoms with Crippen LogP contribution in [-0.2, 0) is 4.74 Å². The van der Waals surface area contributed by atoms with Crippen LogP contribution in [0.1, 0.15) is 24.9 Å². The topological polar surface area (TPSA) is 48.1 Å². The number of nitrogens with two attached hydrogens (primary N) is 1. The maximum absolute atomic E-state index is 6.28. The second kappa shape index (κ2) is 5.25. The van der Waals surface area contributed by atoms with Gasteiger partial charge in [0.15, 0.2) is 0 Å². The normalized spacial score (nSPS) is 14.8. The van der Waals surface area contributed by atoms with Crippen LogP contribution in [-0.4, -0.2) is 18.2 Å². The largest absolute Gasteiger partial charge is 0.379 e. The summed E-state index contributed by atoms with van der Waals surface area (Å²) in [6.07, 6.45) is 4.61. The minimum absolute atomic E-state index is 0.0498. The van der Waals surface area contributed by atoms with Crippen LogP contribution in [0, 0.1) is 0 Å². The molecule has 17 heavy (non-hydrogen) atoms. The molecule has 0 radical (unpaired) electrons. The lowest BCUT2D eigenvalue weighted by Crippen LogP contribution is -2.27.